The highest BCUT2D eigenvalue weighted by atomic mass is 31.2. The molecular weight excluding hydrogens is 727 g/mol. The van der Waals surface area contributed by atoms with Gasteiger partial charge in [0.05, 0.1) is 26.4 Å². The molecule has 0 aromatic rings. The molecule has 0 rings (SSSR count). The number of aliphatic hydroxyl groups excluding tert-OH is 2. The molecule has 9 nitrogen and oxygen atoms in total. The summed E-state index contributed by atoms with van der Waals surface area (Å²) < 4.78 is 33.3. The van der Waals surface area contributed by atoms with E-state index in [4.69, 9.17) is 23.6 Å². The van der Waals surface area contributed by atoms with Crippen LogP contribution in [0.3, 0.4) is 0 Å². The number of carbonyl (C=O) groups excluding carboxylic acids is 1. The molecule has 3 unspecified atom stereocenters. The maximum atomic E-state index is 12.6. The first-order valence-electron chi connectivity index (χ1n) is 22.6. The van der Waals surface area contributed by atoms with Crippen LogP contribution in [0.1, 0.15) is 194 Å². The third-order valence-corrected chi connectivity index (χ3v) is 10.5. The van der Waals surface area contributed by atoms with E-state index in [2.05, 4.69) is 50.3 Å². The smallest absolute Gasteiger partial charge is 0.457 e. The molecule has 0 saturated carbocycles. The molecule has 3 N–H and O–H groups in total. The Balaban J connectivity index is 4.11. The van der Waals surface area contributed by atoms with Crippen LogP contribution in [0.15, 0.2) is 48.6 Å². The summed E-state index contributed by atoms with van der Waals surface area (Å²) >= 11 is 0. The first kappa shape index (κ1) is 54.4. The Bertz CT molecular complexity index is 1010. The topological polar surface area (TPSA) is 132 Å². The number of rotatable bonds is 43. The second-order valence-electron chi connectivity index (χ2n) is 15.0. The molecule has 10 heteroatoms. The Morgan fingerprint density at radius 2 is 0.982 bits per heavy atom. The van der Waals surface area contributed by atoms with Crippen LogP contribution < -0.4 is 0 Å². The summed E-state index contributed by atoms with van der Waals surface area (Å²) in [5, 5.41) is 18.3. The standard InChI is InChI=1S/C46H85O9P/c1-3-5-7-9-11-13-15-17-18-19-20-21-22-23-24-25-27-29-31-33-35-37-39-52-42-45(43-54-56(50,51)53-41-44(48)40-47)55-46(49)38-36-34-32-30-28-26-16-14-12-10-8-6-4-2/h6,8,12,14,26,28,32,34,44-45,47-48H,3-5,7,9-11,13,15-25,27,29-31,33,35-43H2,1-2H3,(H,50,51)/b8-6-,14-12-,28-26-,34-32-. The lowest BCUT2D eigenvalue weighted by molar-refractivity contribution is -0.154. The summed E-state index contributed by atoms with van der Waals surface area (Å²) in [6, 6.07) is 0. The first-order valence-corrected chi connectivity index (χ1v) is 24.1. The van der Waals surface area contributed by atoms with Gasteiger partial charge in [0.1, 0.15) is 12.2 Å². The number of phosphoric acid groups is 1. The van der Waals surface area contributed by atoms with Gasteiger partial charge < -0.3 is 24.6 Å². The van der Waals surface area contributed by atoms with Crippen LogP contribution in [0, 0.1) is 0 Å². The third-order valence-electron chi connectivity index (χ3n) is 9.54. The van der Waals surface area contributed by atoms with Crippen LogP contribution >= 0.6 is 7.82 Å². The second-order valence-corrected chi connectivity index (χ2v) is 16.5. The second kappa shape index (κ2) is 43.0. The summed E-state index contributed by atoms with van der Waals surface area (Å²) in [4.78, 5) is 22.5. The normalized spacial score (nSPS) is 14.4. The average molecular weight is 813 g/mol. The van der Waals surface area contributed by atoms with Crippen molar-refractivity contribution in [2.24, 2.45) is 0 Å². The number of hydrogen-bond acceptors (Lipinski definition) is 8. The van der Waals surface area contributed by atoms with Gasteiger partial charge in [-0.25, -0.2) is 4.57 Å². The Morgan fingerprint density at radius 3 is 1.43 bits per heavy atom. The minimum absolute atomic E-state index is 0.0221. The minimum atomic E-state index is -4.53. The lowest BCUT2D eigenvalue weighted by Gasteiger charge is -2.20. The van der Waals surface area contributed by atoms with E-state index in [1.165, 1.54) is 122 Å². The Kier molecular flexibility index (Phi) is 41.8. The fourth-order valence-electron chi connectivity index (χ4n) is 6.13. The van der Waals surface area contributed by atoms with Crippen molar-refractivity contribution in [1.29, 1.82) is 0 Å². The third kappa shape index (κ3) is 42.0. The SMILES string of the molecule is CC/C=C\C/C=C\C/C=C\C/C=C\CCC(=O)OC(COCCCCCCCCCCCCCCCCCCCCCCCC)COP(=O)(O)OCC(O)CO. The molecule has 0 heterocycles. The molecule has 0 bridgehead atoms. The van der Waals surface area contributed by atoms with Crippen molar-refractivity contribution < 1.29 is 43.0 Å². The molecular formula is C46H85O9P. The van der Waals surface area contributed by atoms with Gasteiger partial charge in [-0.2, -0.15) is 0 Å². The molecule has 0 amide bonds. The van der Waals surface area contributed by atoms with Gasteiger partial charge in [-0.15, -0.1) is 0 Å². The molecule has 0 aromatic heterocycles. The van der Waals surface area contributed by atoms with Crippen LogP contribution in [-0.2, 0) is 27.9 Å². The number of phosphoric ester groups is 1. The zero-order valence-electron chi connectivity index (χ0n) is 35.8. The first-order chi connectivity index (χ1) is 27.3. The van der Waals surface area contributed by atoms with Crippen LogP contribution in [0.4, 0.5) is 0 Å². The highest BCUT2D eigenvalue weighted by Gasteiger charge is 2.26. The van der Waals surface area contributed by atoms with Crippen LogP contribution in [-0.4, -0.2) is 66.3 Å². The van der Waals surface area contributed by atoms with Crippen molar-refractivity contribution in [3.63, 3.8) is 0 Å². The molecule has 0 aliphatic rings. The van der Waals surface area contributed by atoms with E-state index in [0.717, 1.165) is 44.9 Å². The van der Waals surface area contributed by atoms with E-state index in [1.807, 2.05) is 12.2 Å². The summed E-state index contributed by atoms with van der Waals surface area (Å²) in [5.41, 5.74) is 0. The minimum Gasteiger partial charge on any atom is -0.457 e. The number of esters is 1. The zero-order valence-corrected chi connectivity index (χ0v) is 36.7. The fourth-order valence-corrected chi connectivity index (χ4v) is 6.92. The largest absolute Gasteiger partial charge is 0.472 e. The van der Waals surface area contributed by atoms with Gasteiger partial charge in [0.15, 0.2) is 0 Å². The number of allylic oxidation sites excluding steroid dienone is 8. The maximum absolute atomic E-state index is 12.6. The molecule has 0 fully saturated rings. The highest BCUT2D eigenvalue weighted by molar-refractivity contribution is 7.47. The quantitative estimate of drug-likeness (QED) is 0.0238. The predicted molar refractivity (Wildman–Crippen MR) is 233 cm³/mol. The van der Waals surface area contributed by atoms with Gasteiger partial charge >= 0.3 is 13.8 Å². The maximum Gasteiger partial charge on any atom is 0.472 e. The molecule has 3 atom stereocenters. The molecule has 0 aliphatic carbocycles. The van der Waals surface area contributed by atoms with Crippen molar-refractivity contribution in [1.82, 2.24) is 0 Å². The van der Waals surface area contributed by atoms with Crippen molar-refractivity contribution in [3.05, 3.63) is 48.6 Å². The summed E-state index contributed by atoms with van der Waals surface area (Å²) in [6.45, 7) is 3.32. The average Bonchev–Trinajstić information content (AvgIpc) is 3.19. The van der Waals surface area contributed by atoms with Gasteiger partial charge in [-0.05, 0) is 38.5 Å². The van der Waals surface area contributed by atoms with E-state index in [9.17, 15) is 19.4 Å². The predicted octanol–water partition coefficient (Wildman–Crippen LogP) is 12.6. The number of hydrogen-bond donors (Lipinski definition) is 3. The lowest BCUT2D eigenvalue weighted by Crippen LogP contribution is -2.29. The van der Waals surface area contributed by atoms with E-state index in [1.54, 1.807) is 0 Å². The van der Waals surface area contributed by atoms with Gasteiger partial charge in [0.2, 0.25) is 0 Å². The molecule has 0 aliphatic heterocycles. The van der Waals surface area contributed by atoms with Gasteiger partial charge in [-0.1, -0.05) is 197 Å². The molecule has 0 radical (unpaired) electrons. The van der Waals surface area contributed by atoms with Crippen LogP contribution in [0.25, 0.3) is 0 Å². The molecule has 328 valence electrons. The van der Waals surface area contributed by atoms with E-state index in [0.29, 0.717) is 13.0 Å². The van der Waals surface area contributed by atoms with E-state index >= 15 is 0 Å². The Morgan fingerprint density at radius 1 is 0.571 bits per heavy atom. The van der Waals surface area contributed by atoms with Gasteiger partial charge in [0.25, 0.3) is 0 Å². The monoisotopic (exact) mass is 813 g/mol. The molecule has 0 spiro atoms. The van der Waals surface area contributed by atoms with Gasteiger partial charge in [0, 0.05) is 13.0 Å². The number of aliphatic hydroxyl groups is 2. The lowest BCUT2D eigenvalue weighted by atomic mass is 10.0. The van der Waals surface area contributed by atoms with E-state index < -0.39 is 45.8 Å². The van der Waals surface area contributed by atoms with Crippen molar-refractivity contribution in [3.8, 4) is 0 Å². The van der Waals surface area contributed by atoms with Crippen LogP contribution in [0.5, 0.6) is 0 Å². The molecule has 0 aromatic carbocycles. The van der Waals surface area contributed by atoms with Crippen molar-refractivity contribution >= 4 is 13.8 Å². The Hall–Kier alpha value is -1.58. The number of unbranched alkanes of at least 4 members (excludes halogenated alkanes) is 21. The molecule has 56 heavy (non-hydrogen) atoms. The summed E-state index contributed by atoms with van der Waals surface area (Å²) in [6.07, 6.45) is 48.2. The zero-order chi connectivity index (χ0) is 41.1. The summed E-state index contributed by atoms with van der Waals surface area (Å²) in [7, 11) is -4.53. The van der Waals surface area contributed by atoms with E-state index in [-0.39, 0.29) is 13.0 Å². The number of carbonyl (C=O) groups is 1. The van der Waals surface area contributed by atoms with Crippen molar-refractivity contribution in [2.45, 2.75) is 206 Å². The van der Waals surface area contributed by atoms with Gasteiger partial charge in [-0.3, -0.25) is 13.8 Å². The Labute approximate surface area is 343 Å². The highest BCUT2D eigenvalue weighted by Crippen LogP contribution is 2.43. The fraction of sp³-hybridized carbons (Fsp3) is 0.804. The number of ether oxygens (including phenoxy) is 2. The summed E-state index contributed by atoms with van der Waals surface area (Å²) in [5.74, 6) is -0.460. The molecule has 0 saturated heterocycles. The van der Waals surface area contributed by atoms with Crippen molar-refractivity contribution in [2.75, 3.05) is 33.0 Å². The van der Waals surface area contributed by atoms with Crippen LogP contribution in [0.2, 0.25) is 0 Å².